The Morgan fingerprint density at radius 2 is 1.84 bits per heavy atom. The molecular weight excluding hydrogens is 432 g/mol. The summed E-state index contributed by atoms with van der Waals surface area (Å²) in [6.45, 7) is 3.26. The minimum atomic E-state index is -1.04. The number of allylic oxidation sites excluding steroid dienone is 2. The monoisotopic (exact) mass is 456 g/mol. The van der Waals surface area contributed by atoms with E-state index >= 15 is 0 Å². The number of nitrogens with one attached hydrogen (secondary N) is 1. The zero-order chi connectivity index (χ0) is 22.8. The molecule has 2 heterocycles. The standard InChI is InChI=1S/C22H24N4O5S/c1-12(2)10-17(26-20(28)13-6-3-4-7-14(13)21(26)29)22(30)31-11-18(27)23-15-8-5-9-16-19(15)25-32-24-16/h3-5,8-9,12-14,17H,6-7,10-11H2,1-2H3,(H,23,27)/t13-,14-,17+/m0/s1. The maximum absolute atomic E-state index is 12.9. The first kappa shape index (κ1) is 22.1. The van der Waals surface area contributed by atoms with Crippen LogP contribution in [-0.4, -0.2) is 50.0 Å². The number of hydrogen-bond acceptors (Lipinski definition) is 8. The summed E-state index contributed by atoms with van der Waals surface area (Å²) in [6, 6.07) is 4.16. The molecule has 168 valence electrons. The van der Waals surface area contributed by atoms with E-state index in [0.29, 0.717) is 29.6 Å². The maximum Gasteiger partial charge on any atom is 0.329 e. The zero-order valence-corrected chi connectivity index (χ0v) is 18.6. The molecule has 2 aliphatic rings. The highest BCUT2D eigenvalue weighted by molar-refractivity contribution is 7.00. The van der Waals surface area contributed by atoms with E-state index in [0.717, 1.165) is 16.6 Å². The number of benzene rings is 1. The Morgan fingerprint density at radius 1 is 1.16 bits per heavy atom. The zero-order valence-electron chi connectivity index (χ0n) is 17.8. The van der Waals surface area contributed by atoms with Crippen molar-refractivity contribution in [1.29, 1.82) is 0 Å². The van der Waals surface area contributed by atoms with Gasteiger partial charge >= 0.3 is 5.97 Å². The van der Waals surface area contributed by atoms with E-state index in [1.54, 1.807) is 18.2 Å². The lowest BCUT2D eigenvalue weighted by molar-refractivity contribution is -0.160. The second kappa shape index (κ2) is 9.15. The van der Waals surface area contributed by atoms with Crippen LogP contribution in [0.25, 0.3) is 11.0 Å². The summed E-state index contributed by atoms with van der Waals surface area (Å²) in [7, 11) is 0. The van der Waals surface area contributed by atoms with E-state index in [1.165, 1.54) is 0 Å². The molecule has 1 aromatic heterocycles. The molecule has 0 radical (unpaired) electrons. The number of fused-ring (bicyclic) bond motifs is 2. The van der Waals surface area contributed by atoms with Crippen molar-refractivity contribution in [2.24, 2.45) is 17.8 Å². The molecule has 1 fully saturated rings. The third-order valence-corrected chi connectivity index (χ3v) is 6.27. The van der Waals surface area contributed by atoms with Gasteiger partial charge in [-0.15, -0.1) is 0 Å². The first-order chi connectivity index (χ1) is 15.4. The van der Waals surface area contributed by atoms with Gasteiger partial charge in [-0.25, -0.2) is 4.79 Å². The van der Waals surface area contributed by atoms with E-state index in [4.69, 9.17) is 4.74 Å². The summed E-state index contributed by atoms with van der Waals surface area (Å²) in [5.41, 5.74) is 1.68. The third kappa shape index (κ3) is 4.27. The molecule has 10 heteroatoms. The molecule has 0 saturated carbocycles. The maximum atomic E-state index is 12.9. The topological polar surface area (TPSA) is 119 Å². The number of carbonyl (C=O) groups is 4. The van der Waals surface area contributed by atoms with Gasteiger partial charge < -0.3 is 10.1 Å². The molecule has 1 saturated heterocycles. The second-order valence-electron chi connectivity index (χ2n) is 8.44. The molecule has 1 aliphatic carbocycles. The lowest BCUT2D eigenvalue weighted by atomic mass is 9.85. The Hall–Kier alpha value is -3.14. The van der Waals surface area contributed by atoms with Gasteiger partial charge in [-0.2, -0.15) is 8.75 Å². The second-order valence-corrected chi connectivity index (χ2v) is 8.97. The first-order valence-corrected chi connectivity index (χ1v) is 11.3. The van der Waals surface area contributed by atoms with Crippen molar-refractivity contribution in [2.45, 2.75) is 39.2 Å². The molecular formula is C22H24N4O5S. The van der Waals surface area contributed by atoms with Gasteiger partial charge in [0, 0.05) is 0 Å². The molecule has 0 bridgehead atoms. The number of imide groups is 1. The van der Waals surface area contributed by atoms with E-state index in [-0.39, 0.29) is 24.2 Å². The first-order valence-electron chi connectivity index (χ1n) is 10.6. The number of rotatable bonds is 7. The average Bonchev–Trinajstić information content (AvgIpc) is 3.35. The van der Waals surface area contributed by atoms with Gasteiger partial charge in [0.1, 0.15) is 17.1 Å². The van der Waals surface area contributed by atoms with Gasteiger partial charge in [0.25, 0.3) is 5.91 Å². The fourth-order valence-electron chi connectivity index (χ4n) is 4.21. The van der Waals surface area contributed by atoms with Crippen LogP contribution in [0.5, 0.6) is 0 Å². The van der Waals surface area contributed by atoms with Crippen molar-refractivity contribution in [3.8, 4) is 0 Å². The van der Waals surface area contributed by atoms with Gasteiger partial charge in [0.2, 0.25) is 11.8 Å². The van der Waals surface area contributed by atoms with Gasteiger partial charge in [0.05, 0.1) is 29.3 Å². The molecule has 0 spiro atoms. The van der Waals surface area contributed by atoms with E-state index in [1.807, 2.05) is 26.0 Å². The number of ether oxygens (including phenoxy) is 1. The van der Waals surface area contributed by atoms with Crippen LogP contribution in [0, 0.1) is 17.8 Å². The number of anilines is 1. The quantitative estimate of drug-likeness (QED) is 0.386. The predicted octanol–water partition coefficient (Wildman–Crippen LogP) is 2.54. The number of esters is 1. The van der Waals surface area contributed by atoms with Crippen LogP contribution in [-0.2, 0) is 23.9 Å². The molecule has 3 atom stereocenters. The fourth-order valence-corrected chi connectivity index (χ4v) is 4.76. The van der Waals surface area contributed by atoms with Crippen molar-refractivity contribution in [3.63, 3.8) is 0 Å². The predicted molar refractivity (Wildman–Crippen MR) is 117 cm³/mol. The normalized spacial score (nSPS) is 21.2. The summed E-state index contributed by atoms with van der Waals surface area (Å²) in [6.07, 6.45) is 5.06. The Bertz CT molecular complexity index is 1070. The largest absolute Gasteiger partial charge is 0.454 e. The molecule has 32 heavy (non-hydrogen) atoms. The van der Waals surface area contributed by atoms with Crippen LogP contribution in [0.4, 0.5) is 5.69 Å². The smallest absolute Gasteiger partial charge is 0.329 e. The van der Waals surface area contributed by atoms with Gasteiger partial charge in [-0.1, -0.05) is 32.1 Å². The molecule has 9 nitrogen and oxygen atoms in total. The molecule has 4 rings (SSSR count). The molecule has 0 unspecified atom stereocenters. The van der Waals surface area contributed by atoms with E-state index in [2.05, 4.69) is 14.1 Å². The summed E-state index contributed by atoms with van der Waals surface area (Å²) >= 11 is 1.03. The molecule has 1 N–H and O–H groups in total. The molecule has 1 aromatic carbocycles. The lowest BCUT2D eigenvalue weighted by Gasteiger charge is -2.26. The van der Waals surface area contributed by atoms with Gasteiger partial charge in [-0.05, 0) is 37.3 Å². The van der Waals surface area contributed by atoms with Crippen molar-refractivity contribution >= 4 is 52.1 Å². The minimum absolute atomic E-state index is 0.0393. The molecule has 2 aromatic rings. The van der Waals surface area contributed by atoms with Crippen molar-refractivity contribution in [1.82, 2.24) is 13.6 Å². The minimum Gasteiger partial charge on any atom is -0.454 e. The fraction of sp³-hybridized carbons (Fsp3) is 0.455. The van der Waals surface area contributed by atoms with Crippen molar-refractivity contribution in [2.75, 3.05) is 11.9 Å². The number of likely N-dealkylation sites (tertiary alicyclic amines) is 1. The molecule has 1 aliphatic heterocycles. The highest BCUT2D eigenvalue weighted by atomic mass is 32.1. The van der Waals surface area contributed by atoms with Crippen LogP contribution in [0.2, 0.25) is 0 Å². The summed E-state index contributed by atoms with van der Waals surface area (Å²) in [5, 5.41) is 2.67. The third-order valence-electron chi connectivity index (χ3n) is 5.73. The Balaban J connectivity index is 1.43. The Kier molecular flexibility index (Phi) is 6.31. The van der Waals surface area contributed by atoms with Crippen LogP contribution >= 0.6 is 11.7 Å². The van der Waals surface area contributed by atoms with Crippen molar-refractivity contribution < 1.29 is 23.9 Å². The lowest BCUT2D eigenvalue weighted by Crippen LogP contribution is -2.47. The molecule has 3 amide bonds. The number of aromatic nitrogens is 2. The van der Waals surface area contributed by atoms with Crippen LogP contribution in [0.3, 0.4) is 0 Å². The van der Waals surface area contributed by atoms with Crippen LogP contribution in [0.1, 0.15) is 33.1 Å². The van der Waals surface area contributed by atoms with Crippen LogP contribution in [0.15, 0.2) is 30.4 Å². The van der Waals surface area contributed by atoms with Crippen molar-refractivity contribution in [3.05, 3.63) is 30.4 Å². The van der Waals surface area contributed by atoms with Gasteiger partial charge in [-0.3, -0.25) is 19.3 Å². The Labute approximate surface area is 189 Å². The number of amides is 3. The summed E-state index contributed by atoms with van der Waals surface area (Å²) < 4.78 is 13.5. The summed E-state index contributed by atoms with van der Waals surface area (Å²) in [4.78, 5) is 52.2. The van der Waals surface area contributed by atoms with E-state index < -0.39 is 36.4 Å². The highest BCUT2D eigenvalue weighted by Gasteiger charge is 2.51. The SMILES string of the molecule is CC(C)C[C@H](C(=O)OCC(=O)Nc1cccc2nsnc12)N1C(=O)[C@H]2CC=CC[C@@H]2C1=O. The number of nitrogens with zero attached hydrogens (tertiary/aromatic N) is 3. The highest BCUT2D eigenvalue weighted by Crippen LogP contribution is 2.37. The van der Waals surface area contributed by atoms with Gasteiger partial charge in [0.15, 0.2) is 6.61 Å². The number of carbonyl (C=O) groups excluding carboxylic acids is 4. The Morgan fingerprint density at radius 3 is 2.50 bits per heavy atom. The average molecular weight is 457 g/mol. The van der Waals surface area contributed by atoms with E-state index in [9.17, 15) is 19.2 Å². The number of hydrogen-bond donors (Lipinski definition) is 1. The van der Waals surface area contributed by atoms with Crippen LogP contribution < -0.4 is 5.32 Å². The summed E-state index contributed by atoms with van der Waals surface area (Å²) in [5.74, 6) is -2.78.